The Labute approximate surface area is 151 Å². The van der Waals surface area contributed by atoms with Crippen LogP contribution < -0.4 is 10.0 Å². The van der Waals surface area contributed by atoms with Crippen molar-refractivity contribution < 1.29 is 13.2 Å². The van der Waals surface area contributed by atoms with Gasteiger partial charge in [0.1, 0.15) is 0 Å². The van der Waals surface area contributed by atoms with Gasteiger partial charge in [0.05, 0.1) is 15.6 Å². The fraction of sp³-hybridized carbons (Fsp3) is 0.188. The number of hydrogen-bond acceptors (Lipinski definition) is 3. The zero-order valence-electron chi connectivity index (χ0n) is 12.8. The van der Waals surface area contributed by atoms with Crippen LogP contribution in [-0.4, -0.2) is 20.9 Å². The van der Waals surface area contributed by atoms with E-state index in [0.717, 1.165) is 0 Å². The van der Waals surface area contributed by atoms with Crippen LogP contribution in [0.25, 0.3) is 0 Å². The molecule has 0 fully saturated rings. The molecule has 1 amide bonds. The van der Waals surface area contributed by atoms with E-state index in [9.17, 15) is 13.2 Å². The third kappa shape index (κ3) is 4.70. The SMILES string of the molecule is CCCNS(=O)(=O)c1ccc(C(=O)Nc2ccc(Cl)cc2Cl)cc1. The predicted molar refractivity (Wildman–Crippen MR) is 96.3 cm³/mol. The van der Waals surface area contributed by atoms with Gasteiger partial charge in [0.15, 0.2) is 0 Å². The minimum absolute atomic E-state index is 0.108. The summed E-state index contributed by atoms with van der Waals surface area (Å²) in [6.07, 6.45) is 0.696. The maximum Gasteiger partial charge on any atom is 0.255 e. The Morgan fingerprint density at radius 3 is 2.33 bits per heavy atom. The number of benzene rings is 2. The summed E-state index contributed by atoms with van der Waals surface area (Å²) < 4.78 is 26.5. The third-order valence-corrected chi connectivity index (χ3v) is 5.17. The van der Waals surface area contributed by atoms with Gasteiger partial charge in [-0.05, 0) is 48.9 Å². The van der Waals surface area contributed by atoms with E-state index < -0.39 is 15.9 Å². The molecule has 0 unspecified atom stereocenters. The Kier molecular flexibility index (Phi) is 6.23. The summed E-state index contributed by atoms with van der Waals surface area (Å²) in [5.41, 5.74) is 0.739. The molecule has 0 aliphatic heterocycles. The van der Waals surface area contributed by atoms with Crippen LogP contribution in [0.3, 0.4) is 0 Å². The topological polar surface area (TPSA) is 75.3 Å². The minimum atomic E-state index is -3.55. The van der Waals surface area contributed by atoms with Crippen LogP contribution >= 0.6 is 23.2 Å². The van der Waals surface area contributed by atoms with Crippen molar-refractivity contribution in [2.45, 2.75) is 18.2 Å². The molecular formula is C16H16Cl2N2O3S. The van der Waals surface area contributed by atoms with Crippen LogP contribution in [0.5, 0.6) is 0 Å². The number of amides is 1. The fourth-order valence-corrected chi connectivity index (χ4v) is 3.48. The molecular weight excluding hydrogens is 371 g/mol. The molecule has 5 nitrogen and oxygen atoms in total. The second kappa shape index (κ2) is 7.98. The van der Waals surface area contributed by atoms with E-state index in [1.165, 1.54) is 30.3 Å². The molecule has 8 heteroatoms. The molecule has 0 saturated heterocycles. The second-order valence-electron chi connectivity index (χ2n) is 5.00. The fourth-order valence-electron chi connectivity index (χ4n) is 1.89. The molecule has 0 radical (unpaired) electrons. The van der Waals surface area contributed by atoms with Crippen LogP contribution in [0, 0.1) is 0 Å². The van der Waals surface area contributed by atoms with E-state index in [4.69, 9.17) is 23.2 Å². The summed E-state index contributed by atoms with van der Waals surface area (Å²) in [5, 5.41) is 3.43. The van der Waals surface area contributed by atoms with E-state index >= 15 is 0 Å². The van der Waals surface area contributed by atoms with Gasteiger partial charge in [0, 0.05) is 17.1 Å². The molecule has 24 heavy (non-hydrogen) atoms. The van der Waals surface area contributed by atoms with Crippen molar-refractivity contribution in [1.82, 2.24) is 4.72 Å². The number of carbonyl (C=O) groups excluding carboxylic acids is 1. The minimum Gasteiger partial charge on any atom is -0.321 e. The van der Waals surface area contributed by atoms with Crippen LogP contribution in [0.2, 0.25) is 10.0 Å². The highest BCUT2D eigenvalue weighted by atomic mass is 35.5. The highest BCUT2D eigenvalue weighted by molar-refractivity contribution is 7.89. The van der Waals surface area contributed by atoms with Gasteiger partial charge in [-0.3, -0.25) is 4.79 Å². The average molecular weight is 387 g/mol. The number of anilines is 1. The summed E-state index contributed by atoms with van der Waals surface area (Å²) in [6.45, 7) is 2.23. The molecule has 2 aromatic carbocycles. The first-order chi connectivity index (χ1) is 11.3. The van der Waals surface area contributed by atoms with Crippen molar-refractivity contribution in [3.63, 3.8) is 0 Å². The first kappa shape index (κ1) is 18.7. The first-order valence-corrected chi connectivity index (χ1v) is 9.43. The Morgan fingerprint density at radius 2 is 1.75 bits per heavy atom. The zero-order valence-corrected chi connectivity index (χ0v) is 15.2. The molecule has 2 N–H and O–H groups in total. The standard InChI is InChI=1S/C16H16Cl2N2O3S/c1-2-9-19-24(22,23)13-6-3-11(4-7-13)16(21)20-15-8-5-12(17)10-14(15)18/h3-8,10,19H,2,9H2,1H3,(H,20,21). The summed E-state index contributed by atoms with van der Waals surface area (Å²) in [7, 11) is -3.55. The average Bonchev–Trinajstić information content (AvgIpc) is 2.55. The normalized spacial score (nSPS) is 11.3. The highest BCUT2D eigenvalue weighted by Gasteiger charge is 2.14. The van der Waals surface area contributed by atoms with Gasteiger partial charge in [-0.2, -0.15) is 0 Å². The Morgan fingerprint density at radius 1 is 1.08 bits per heavy atom. The van der Waals surface area contributed by atoms with Gasteiger partial charge in [-0.15, -0.1) is 0 Å². The van der Waals surface area contributed by atoms with E-state index in [0.29, 0.717) is 34.3 Å². The van der Waals surface area contributed by atoms with Crippen LogP contribution in [-0.2, 0) is 10.0 Å². The lowest BCUT2D eigenvalue weighted by Gasteiger charge is -2.09. The summed E-state index contributed by atoms with van der Waals surface area (Å²) in [4.78, 5) is 12.3. The van der Waals surface area contributed by atoms with E-state index in [1.807, 2.05) is 6.92 Å². The summed E-state index contributed by atoms with van der Waals surface area (Å²) >= 11 is 11.8. The number of nitrogens with one attached hydrogen (secondary N) is 2. The van der Waals surface area contributed by atoms with Crippen molar-refractivity contribution in [1.29, 1.82) is 0 Å². The first-order valence-electron chi connectivity index (χ1n) is 7.19. The molecule has 0 aliphatic carbocycles. The van der Waals surface area contributed by atoms with Gasteiger partial charge < -0.3 is 5.32 Å². The Hall–Kier alpha value is -1.60. The molecule has 0 heterocycles. The van der Waals surface area contributed by atoms with Crippen molar-refractivity contribution in [3.05, 3.63) is 58.1 Å². The van der Waals surface area contributed by atoms with Crippen LogP contribution in [0.4, 0.5) is 5.69 Å². The lowest BCUT2D eigenvalue weighted by atomic mass is 10.2. The van der Waals surface area contributed by atoms with E-state index in [1.54, 1.807) is 12.1 Å². The number of sulfonamides is 1. The predicted octanol–water partition coefficient (Wildman–Crippen LogP) is 3.93. The molecule has 128 valence electrons. The molecule has 0 aromatic heterocycles. The largest absolute Gasteiger partial charge is 0.321 e. The van der Waals surface area contributed by atoms with Crippen molar-refractivity contribution in [2.24, 2.45) is 0 Å². The van der Waals surface area contributed by atoms with Crippen molar-refractivity contribution in [2.75, 3.05) is 11.9 Å². The molecule has 2 aromatic rings. The molecule has 0 spiro atoms. The quantitative estimate of drug-likeness (QED) is 0.789. The zero-order chi connectivity index (χ0) is 17.7. The number of carbonyl (C=O) groups is 1. The maximum atomic E-state index is 12.2. The third-order valence-electron chi connectivity index (χ3n) is 3.15. The monoisotopic (exact) mass is 386 g/mol. The van der Waals surface area contributed by atoms with Crippen LogP contribution in [0.15, 0.2) is 47.4 Å². The van der Waals surface area contributed by atoms with Gasteiger partial charge in [-0.25, -0.2) is 13.1 Å². The maximum absolute atomic E-state index is 12.2. The molecule has 0 aliphatic rings. The van der Waals surface area contributed by atoms with Gasteiger partial charge in [0.2, 0.25) is 10.0 Å². The lowest BCUT2D eigenvalue weighted by Crippen LogP contribution is -2.24. The van der Waals surface area contributed by atoms with Crippen molar-refractivity contribution in [3.8, 4) is 0 Å². The van der Waals surface area contributed by atoms with E-state index in [2.05, 4.69) is 10.0 Å². The molecule has 2 rings (SSSR count). The molecule has 0 atom stereocenters. The second-order valence-corrected chi connectivity index (χ2v) is 7.61. The summed E-state index contributed by atoms with van der Waals surface area (Å²) in [6, 6.07) is 10.4. The van der Waals surface area contributed by atoms with Gasteiger partial charge in [-0.1, -0.05) is 30.1 Å². The lowest BCUT2D eigenvalue weighted by molar-refractivity contribution is 0.102. The van der Waals surface area contributed by atoms with Crippen molar-refractivity contribution >= 4 is 44.8 Å². The van der Waals surface area contributed by atoms with Crippen LogP contribution in [0.1, 0.15) is 23.7 Å². The smallest absolute Gasteiger partial charge is 0.255 e. The Balaban J connectivity index is 2.14. The Bertz CT molecular complexity index is 837. The van der Waals surface area contributed by atoms with Gasteiger partial charge in [0.25, 0.3) is 5.91 Å². The molecule has 0 saturated carbocycles. The number of rotatable bonds is 6. The number of hydrogen-bond donors (Lipinski definition) is 2. The number of halogens is 2. The summed E-state index contributed by atoms with van der Waals surface area (Å²) in [5.74, 6) is -0.398. The van der Waals surface area contributed by atoms with Gasteiger partial charge >= 0.3 is 0 Å². The van der Waals surface area contributed by atoms with E-state index in [-0.39, 0.29) is 4.90 Å². The highest BCUT2D eigenvalue weighted by Crippen LogP contribution is 2.25. The molecule has 0 bridgehead atoms.